The second kappa shape index (κ2) is 13.0. The minimum Gasteiger partial charge on any atom is -0.480 e. The third-order valence-corrected chi connectivity index (χ3v) is 8.70. The van der Waals surface area contributed by atoms with Crippen molar-refractivity contribution in [1.82, 2.24) is 10.2 Å². The highest BCUT2D eigenvalue weighted by Crippen LogP contribution is 2.44. The van der Waals surface area contributed by atoms with Crippen LogP contribution in [0.25, 0.3) is 11.1 Å². The van der Waals surface area contributed by atoms with Gasteiger partial charge in [-0.05, 0) is 84.6 Å². The average Bonchev–Trinajstić information content (AvgIpc) is 3.34. The van der Waals surface area contributed by atoms with Gasteiger partial charge in [0, 0.05) is 18.9 Å². The molecule has 2 N–H and O–H groups in total. The van der Waals surface area contributed by atoms with Gasteiger partial charge in [-0.2, -0.15) is 0 Å². The highest BCUT2D eigenvalue weighted by Gasteiger charge is 2.31. The van der Waals surface area contributed by atoms with Gasteiger partial charge in [-0.15, -0.1) is 0 Å². The second-order valence-electron chi connectivity index (χ2n) is 11.4. The van der Waals surface area contributed by atoms with Crippen molar-refractivity contribution in [3.05, 3.63) is 89.5 Å². The number of carbonyl (C=O) groups is 2. The number of carboxylic acid groups (broad SMARTS) is 1. The molecule has 0 bridgehead atoms. The van der Waals surface area contributed by atoms with Crippen LogP contribution in [0.15, 0.2) is 72.8 Å². The van der Waals surface area contributed by atoms with Gasteiger partial charge in [0.2, 0.25) is 0 Å². The zero-order chi connectivity index (χ0) is 28.9. The van der Waals surface area contributed by atoms with Gasteiger partial charge in [0.05, 0.1) is 6.61 Å². The molecule has 6 rings (SSSR count). The summed E-state index contributed by atoms with van der Waals surface area (Å²) < 4.78 is 17.4. The normalized spacial score (nSPS) is 19.9. The molecule has 3 aliphatic rings. The van der Waals surface area contributed by atoms with E-state index in [9.17, 15) is 14.7 Å². The van der Waals surface area contributed by atoms with E-state index < -0.39 is 18.1 Å². The molecule has 2 saturated heterocycles. The summed E-state index contributed by atoms with van der Waals surface area (Å²) in [6, 6.07) is 23.4. The topological polar surface area (TPSA) is 97.3 Å². The lowest BCUT2D eigenvalue weighted by atomic mass is 9.89. The number of amides is 1. The first kappa shape index (κ1) is 28.2. The summed E-state index contributed by atoms with van der Waals surface area (Å²) in [4.78, 5) is 26.9. The Morgan fingerprint density at radius 2 is 1.64 bits per heavy atom. The number of carboxylic acids is 1. The average molecular weight is 571 g/mol. The molecule has 0 radical (unpaired) electrons. The summed E-state index contributed by atoms with van der Waals surface area (Å²) in [6.07, 6.45) is 4.04. The van der Waals surface area contributed by atoms with Gasteiger partial charge in [0.25, 0.3) is 0 Å². The van der Waals surface area contributed by atoms with Crippen LogP contribution < -0.4 is 10.1 Å². The van der Waals surface area contributed by atoms with Crippen LogP contribution in [0.3, 0.4) is 0 Å². The van der Waals surface area contributed by atoms with Crippen molar-refractivity contribution in [2.45, 2.75) is 56.3 Å². The van der Waals surface area contributed by atoms with Gasteiger partial charge >= 0.3 is 12.1 Å². The standard InChI is InChI=1S/C34H38N2O6/c37-33(38)31(35-34(39)41-22-30-28-12-3-1-10-26(28)27-11-2-4-13-29(27)30)21-36-17-15-23(16-18-36)24-8-7-9-25(20-24)42-32-14-5-6-19-40-32/h1-4,7-13,20,23,30-32H,5-6,14-19,21-22H2,(H,35,39)(H,37,38)/t31-,32?/m0/s1. The molecule has 2 aliphatic heterocycles. The van der Waals surface area contributed by atoms with Gasteiger partial charge in [-0.25, -0.2) is 9.59 Å². The van der Waals surface area contributed by atoms with Crippen molar-refractivity contribution < 1.29 is 28.9 Å². The highest BCUT2D eigenvalue weighted by molar-refractivity contribution is 5.81. The van der Waals surface area contributed by atoms with Crippen LogP contribution in [-0.2, 0) is 14.3 Å². The molecule has 8 nitrogen and oxygen atoms in total. The zero-order valence-electron chi connectivity index (χ0n) is 23.7. The van der Waals surface area contributed by atoms with Crippen LogP contribution in [-0.4, -0.2) is 67.2 Å². The fourth-order valence-electron chi connectivity index (χ4n) is 6.47. The molecule has 3 aromatic rings. The molecular weight excluding hydrogens is 532 g/mol. The summed E-state index contributed by atoms with van der Waals surface area (Å²) in [5.74, 6) is 0.0560. The maximum atomic E-state index is 12.8. The first-order valence-electron chi connectivity index (χ1n) is 15.0. The Morgan fingerprint density at radius 1 is 0.929 bits per heavy atom. The van der Waals surface area contributed by atoms with E-state index in [4.69, 9.17) is 14.2 Å². The van der Waals surface area contributed by atoms with Crippen LogP contribution in [0.2, 0.25) is 0 Å². The van der Waals surface area contributed by atoms with Crippen molar-refractivity contribution >= 4 is 12.1 Å². The third-order valence-electron chi connectivity index (χ3n) is 8.70. The molecule has 42 heavy (non-hydrogen) atoms. The first-order valence-corrected chi connectivity index (χ1v) is 15.0. The smallest absolute Gasteiger partial charge is 0.407 e. The predicted molar refractivity (Wildman–Crippen MR) is 159 cm³/mol. The first-order chi connectivity index (χ1) is 20.5. The van der Waals surface area contributed by atoms with Gasteiger partial charge in [-0.1, -0.05) is 60.7 Å². The molecule has 2 fully saturated rings. The molecular formula is C34H38N2O6. The molecule has 1 aliphatic carbocycles. The number of piperidine rings is 1. The van der Waals surface area contributed by atoms with E-state index in [1.807, 2.05) is 36.4 Å². The summed E-state index contributed by atoms with van der Waals surface area (Å²) in [6.45, 7) is 2.62. The molecule has 0 aromatic heterocycles. The van der Waals surface area contributed by atoms with E-state index in [2.05, 4.69) is 46.6 Å². The van der Waals surface area contributed by atoms with Crippen LogP contribution >= 0.6 is 0 Å². The van der Waals surface area contributed by atoms with Gasteiger partial charge in [0.1, 0.15) is 18.4 Å². The van der Waals surface area contributed by atoms with Crippen LogP contribution in [0, 0.1) is 0 Å². The number of alkyl carbamates (subject to hydrolysis) is 1. The number of rotatable bonds is 9. The van der Waals surface area contributed by atoms with Crippen LogP contribution in [0.5, 0.6) is 5.75 Å². The molecule has 1 unspecified atom stereocenters. The number of aliphatic carboxylic acids is 1. The Bertz CT molecular complexity index is 1350. The van der Waals surface area contributed by atoms with Gasteiger partial charge in [-0.3, -0.25) is 0 Å². The molecule has 8 heteroatoms. The number of likely N-dealkylation sites (tertiary alicyclic amines) is 1. The molecule has 220 valence electrons. The van der Waals surface area contributed by atoms with Gasteiger partial charge in [0.15, 0.2) is 6.29 Å². The number of fused-ring (bicyclic) bond motifs is 3. The molecule has 0 spiro atoms. The largest absolute Gasteiger partial charge is 0.480 e. The second-order valence-corrected chi connectivity index (χ2v) is 11.4. The number of carbonyl (C=O) groups excluding carboxylic acids is 1. The Kier molecular flexibility index (Phi) is 8.72. The van der Waals surface area contributed by atoms with Crippen molar-refractivity contribution in [2.75, 3.05) is 32.8 Å². The summed E-state index contributed by atoms with van der Waals surface area (Å²) >= 11 is 0. The lowest BCUT2D eigenvalue weighted by Gasteiger charge is -2.33. The lowest BCUT2D eigenvalue weighted by molar-refractivity contribution is -0.140. The van der Waals surface area contributed by atoms with Gasteiger partial charge < -0.3 is 29.5 Å². The van der Waals surface area contributed by atoms with E-state index in [1.165, 1.54) is 5.56 Å². The molecule has 1 amide bonds. The van der Waals surface area contributed by atoms with Crippen molar-refractivity contribution in [2.24, 2.45) is 0 Å². The van der Waals surface area contributed by atoms with E-state index in [1.54, 1.807) is 0 Å². The fourth-order valence-corrected chi connectivity index (χ4v) is 6.47. The van der Waals surface area contributed by atoms with Crippen molar-refractivity contribution in [1.29, 1.82) is 0 Å². The number of nitrogens with one attached hydrogen (secondary N) is 1. The minimum absolute atomic E-state index is 0.0791. The van der Waals surface area contributed by atoms with E-state index in [0.717, 1.165) is 79.8 Å². The minimum atomic E-state index is -1.07. The monoisotopic (exact) mass is 570 g/mol. The lowest BCUT2D eigenvalue weighted by Crippen LogP contribution is -2.50. The third kappa shape index (κ3) is 6.45. The number of nitrogens with zero attached hydrogens (tertiary/aromatic N) is 1. The van der Waals surface area contributed by atoms with Crippen molar-refractivity contribution in [3.63, 3.8) is 0 Å². The van der Waals surface area contributed by atoms with Crippen LogP contribution in [0.4, 0.5) is 4.79 Å². The quantitative estimate of drug-likeness (QED) is 0.337. The maximum absolute atomic E-state index is 12.8. The fraction of sp³-hybridized carbons (Fsp3) is 0.412. The SMILES string of the molecule is O=C(N[C@@H](CN1CCC(c2cccc(OC3CCCCO3)c2)CC1)C(=O)O)OCC1c2ccccc2-c2ccccc21. The molecule has 3 aromatic carbocycles. The van der Waals surface area contributed by atoms with E-state index >= 15 is 0 Å². The summed E-state index contributed by atoms with van der Waals surface area (Å²) in [7, 11) is 0. The number of ether oxygens (including phenoxy) is 3. The number of benzene rings is 3. The summed E-state index contributed by atoms with van der Waals surface area (Å²) in [5.41, 5.74) is 5.75. The Labute approximate surface area is 246 Å². The number of hydrogen-bond donors (Lipinski definition) is 2. The van der Waals surface area contributed by atoms with E-state index in [-0.39, 0.29) is 25.4 Å². The maximum Gasteiger partial charge on any atom is 0.407 e. The number of hydrogen-bond acceptors (Lipinski definition) is 6. The molecule has 2 atom stereocenters. The van der Waals surface area contributed by atoms with Crippen LogP contribution in [0.1, 0.15) is 60.6 Å². The summed E-state index contributed by atoms with van der Waals surface area (Å²) in [5, 5.41) is 12.5. The zero-order valence-corrected chi connectivity index (χ0v) is 23.7. The Balaban J connectivity index is 0.998. The Morgan fingerprint density at radius 3 is 2.31 bits per heavy atom. The predicted octanol–water partition coefficient (Wildman–Crippen LogP) is 5.76. The Hall–Kier alpha value is -3.88. The van der Waals surface area contributed by atoms with Crippen molar-refractivity contribution in [3.8, 4) is 16.9 Å². The molecule has 0 saturated carbocycles. The molecule has 2 heterocycles. The van der Waals surface area contributed by atoms with E-state index in [0.29, 0.717) is 5.92 Å². The highest BCUT2D eigenvalue weighted by atomic mass is 16.7.